The molecule has 3 aromatic rings. The van der Waals surface area contributed by atoms with Crippen molar-refractivity contribution >= 4 is 22.2 Å². The van der Waals surface area contributed by atoms with Crippen LogP contribution in [-0.4, -0.2) is 9.97 Å². The van der Waals surface area contributed by atoms with Crippen LogP contribution in [0.2, 0.25) is 0 Å². The van der Waals surface area contributed by atoms with Crippen molar-refractivity contribution in [1.29, 1.82) is 0 Å². The minimum Gasteiger partial charge on any atom is -0.326 e. The summed E-state index contributed by atoms with van der Waals surface area (Å²) in [5.41, 5.74) is 9.28. The number of thiazole rings is 1. The third kappa shape index (κ3) is 2.01. The first kappa shape index (κ1) is 12.0. The molecular weight excluding hydrogens is 266 g/mol. The zero-order chi connectivity index (χ0) is 13.5. The summed E-state index contributed by atoms with van der Waals surface area (Å²) < 4.78 is 0. The second kappa shape index (κ2) is 4.65. The van der Waals surface area contributed by atoms with E-state index >= 15 is 0 Å². The van der Waals surface area contributed by atoms with Crippen molar-refractivity contribution in [2.75, 3.05) is 0 Å². The summed E-state index contributed by atoms with van der Waals surface area (Å²) in [5.74, 6) is 0.653. The summed E-state index contributed by atoms with van der Waals surface area (Å²) in [6.07, 6.45) is 4.35. The number of benzene rings is 1. The van der Waals surface area contributed by atoms with Crippen molar-refractivity contribution < 1.29 is 0 Å². The van der Waals surface area contributed by atoms with Gasteiger partial charge in [0.15, 0.2) is 0 Å². The van der Waals surface area contributed by atoms with Crippen LogP contribution in [0.4, 0.5) is 0 Å². The van der Waals surface area contributed by atoms with Crippen molar-refractivity contribution in [2.45, 2.75) is 25.3 Å². The Morgan fingerprint density at radius 1 is 1.25 bits per heavy atom. The maximum atomic E-state index is 5.86. The number of nitrogens with zero attached hydrogens (tertiary/aromatic N) is 2. The molecule has 4 heteroatoms. The van der Waals surface area contributed by atoms with Gasteiger partial charge in [0.1, 0.15) is 5.01 Å². The second-order valence-corrected chi connectivity index (χ2v) is 6.30. The standard InChI is InChI=1S/C16H15N3S/c17-9-14-15(10-3-4-10)19-16(20-14)12-5-6-13-11(8-12)2-1-7-18-13/h1-2,5-8,10H,3-4,9,17H2. The lowest BCUT2D eigenvalue weighted by atomic mass is 10.1. The first-order valence-corrected chi connectivity index (χ1v) is 7.71. The Balaban J connectivity index is 1.81. The Kier molecular flexibility index (Phi) is 2.79. The van der Waals surface area contributed by atoms with Gasteiger partial charge in [0.2, 0.25) is 0 Å². The van der Waals surface area contributed by atoms with Crippen LogP contribution in [0.1, 0.15) is 29.3 Å². The molecule has 2 heterocycles. The normalized spacial score (nSPS) is 14.8. The Labute approximate surface area is 121 Å². The van der Waals surface area contributed by atoms with Crippen LogP contribution in [-0.2, 0) is 6.54 Å². The molecule has 3 nitrogen and oxygen atoms in total. The highest BCUT2D eigenvalue weighted by Gasteiger charge is 2.29. The Morgan fingerprint density at radius 2 is 2.15 bits per heavy atom. The molecular formula is C16H15N3S. The minimum absolute atomic E-state index is 0.596. The van der Waals surface area contributed by atoms with Crippen molar-refractivity contribution in [3.05, 3.63) is 47.1 Å². The summed E-state index contributed by atoms with van der Waals surface area (Å²) in [5, 5.41) is 2.24. The van der Waals surface area contributed by atoms with Gasteiger partial charge in [-0.25, -0.2) is 4.98 Å². The van der Waals surface area contributed by atoms with E-state index in [9.17, 15) is 0 Å². The number of hydrogen-bond donors (Lipinski definition) is 1. The predicted octanol–water partition coefficient (Wildman–Crippen LogP) is 3.69. The maximum Gasteiger partial charge on any atom is 0.123 e. The Hall–Kier alpha value is -1.78. The van der Waals surface area contributed by atoms with Crippen LogP contribution in [0.25, 0.3) is 21.5 Å². The Bertz CT molecular complexity index is 774. The van der Waals surface area contributed by atoms with E-state index in [-0.39, 0.29) is 0 Å². The minimum atomic E-state index is 0.596. The lowest BCUT2D eigenvalue weighted by Gasteiger charge is -1.99. The van der Waals surface area contributed by atoms with Crippen LogP contribution in [0, 0.1) is 0 Å². The molecule has 20 heavy (non-hydrogen) atoms. The molecule has 1 fully saturated rings. The first-order valence-electron chi connectivity index (χ1n) is 6.90. The summed E-state index contributed by atoms with van der Waals surface area (Å²) in [6, 6.07) is 10.4. The van der Waals surface area contributed by atoms with Crippen molar-refractivity contribution in [3.8, 4) is 10.6 Å². The molecule has 2 N–H and O–H groups in total. The SMILES string of the molecule is NCc1sc(-c2ccc3ncccc3c2)nc1C1CC1. The van der Waals surface area contributed by atoms with Gasteiger partial charge in [-0.2, -0.15) is 0 Å². The average molecular weight is 281 g/mol. The van der Waals surface area contributed by atoms with E-state index in [0.717, 1.165) is 21.5 Å². The predicted molar refractivity (Wildman–Crippen MR) is 82.7 cm³/mol. The number of pyridine rings is 1. The molecule has 1 saturated carbocycles. The van der Waals surface area contributed by atoms with Crippen LogP contribution in [0.5, 0.6) is 0 Å². The number of aromatic nitrogens is 2. The maximum absolute atomic E-state index is 5.86. The molecule has 4 rings (SSSR count). The quantitative estimate of drug-likeness (QED) is 0.796. The summed E-state index contributed by atoms with van der Waals surface area (Å²) in [7, 11) is 0. The van der Waals surface area contributed by atoms with E-state index in [4.69, 9.17) is 10.7 Å². The molecule has 0 radical (unpaired) electrons. The van der Waals surface area contributed by atoms with Gasteiger partial charge in [-0.1, -0.05) is 6.07 Å². The van der Waals surface area contributed by atoms with E-state index in [1.165, 1.54) is 23.4 Å². The number of fused-ring (bicyclic) bond motifs is 1. The van der Waals surface area contributed by atoms with Gasteiger partial charge in [-0.05, 0) is 37.1 Å². The molecule has 0 spiro atoms. The fourth-order valence-corrected chi connectivity index (χ4v) is 3.54. The molecule has 0 bridgehead atoms. The van der Waals surface area contributed by atoms with Gasteiger partial charge in [0, 0.05) is 34.5 Å². The van der Waals surface area contributed by atoms with E-state index in [0.29, 0.717) is 12.5 Å². The van der Waals surface area contributed by atoms with Crippen molar-refractivity contribution in [3.63, 3.8) is 0 Å². The highest BCUT2D eigenvalue weighted by molar-refractivity contribution is 7.15. The molecule has 100 valence electrons. The van der Waals surface area contributed by atoms with Crippen LogP contribution in [0.3, 0.4) is 0 Å². The van der Waals surface area contributed by atoms with Gasteiger partial charge >= 0.3 is 0 Å². The van der Waals surface area contributed by atoms with Crippen LogP contribution >= 0.6 is 11.3 Å². The highest BCUT2D eigenvalue weighted by atomic mass is 32.1. The summed E-state index contributed by atoms with van der Waals surface area (Å²) >= 11 is 1.73. The van der Waals surface area contributed by atoms with E-state index in [1.54, 1.807) is 11.3 Å². The highest BCUT2D eigenvalue weighted by Crippen LogP contribution is 2.44. The summed E-state index contributed by atoms with van der Waals surface area (Å²) in [4.78, 5) is 10.4. The fraction of sp³-hybridized carbons (Fsp3) is 0.250. The van der Waals surface area contributed by atoms with Crippen molar-refractivity contribution in [2.24, 2.45) is 5.73 Å². The molecule has 0 saturated heterocycles. The third-order valence-corrected chi connectivity index (χ3v) is 4.87. The van der Waals surface area contributed by atoms with E-state index in [2.05, 4.69) is 29.2 Å². The van der Waals surface area contributed by atoms with Crippen molar-refractivity contribution in [1.82, 2.24) is 9.97 Å². The summed E-state index contributed by atoms with van der Waals surface area (Å²) in [6.45, 7) is 0.596. The molecule has 1 aliphatic rings. The van der Waals surface area contributed by atoms with Crippen LogP contribution < -0.4 is 5.73 Å². The zero-order valence-electron chi connectivity index (χ0n) is 11.0. The van der Waals surface area contributed by atoms with Gasteiger partial charge < -0.3 is 5.73 Å². The Morgan fingerprint density at radius 3 is 2.95 bits per heavy atom. The fourth-order valence-electron chi connectivity index (χ4n) is 2.52. The topological polar surface area (TPSA) is 51.8 Å². The molecule has 1 aromatic carbocycles. The second-order valence-electron chi connectivity index (χ2n) is 5.22. The smallest absolute Gasteiger partial charge is 0.123 e. The van der Waals surface area contributed by atoms with Gasteiger partial charge in [0.05, 0.1) is 11.2 Å². The van der Waals surface area contributed by atoms with Crippen LogP contribution in [0.15, 0.2) is 36.5 Å². The lowest BCUT2D eigenvalue weighted by molar-refractivity contribution is 0.980. The van der Waals surface area contributed by atoms with Gasteiger partial charge in [-0.3, -0.25) is 4.98 Å². The molecule has 0 atom stereocenters. The monoisotopic (exact) mass is 281 g/mol. The molecule has 1 aliphatic carbocycles. The van der Waals surface area contributed by atoms with E-state index in [1.807, 2.05) is 12.3 Å². The molecule has 0 unspecified atom stereocenters. The molecule has 0 aliphatic heterocycles. The molecule has 0 amide bonds. The van der Waals surface area contributed by atoms with E-state index < -0.39 is 0 Å². The third-order valence-electron chi connectivity index (χ3n) is 3.73. The number of nitrogens with two attached hydrogens (primary N) is 1. The number of rotatable bonds is 3. The largest absolute Gasteiger partial charge is 0.326 e. The number of hydrogen-bond acceptors (Lipinski definition) is 4. The zero-order valence-corrected chi connectivity index (χ0v) is 11.9. The first-order chi connectivity index (χ1) is 9.85. The lowest BCUT2D eigenvalue weighted by Crippen LogP contribution is -1.96. The average Bonchev–Trinajstić information content (AvgIpc) is 3.26. The van der Waals surface area contributed by atoms with Gasteiger partial charge in [-0.15, -0.1) is 11.3 Å². The molecule has 2 aromatic heterocycles. The van der Waals surface area contributed by atoms with Gasteiger partial charge in [0.25, 0.3) is 0 Å².